The van der Waals surface area contributed by atoms with Crippen molar-refractivity contribution in [3.8, 4) is 0 Å². The summed E-state index contributed by atoms with van der Waals surface area (Å²) in [5, 5.41) is 15.9. The fourth-order valence-electron chi connectivity index (χ4n) is 4.67. The zero-order valence-corrected chi connectivity index (χ0v) is 21.1. The number of benzene rings is 1. The zero-order chi connectivity index (χ0) is 25.2. The molecule has 186 valence electrons. The number of pyridine rings is 1. The number of hydrogen-bond donors (Lipinski definition) is 2. The van der Waals surface area contributed by atoms with Gasteiger partial charge in [-0.1, -0.05) is 30.7 Å². The average Bonchev–Trinajstić information content (AvgIpc) is 3.24. The van der Waals surface area contributed by atoms with Crippen molar-refractivity contribution in [3.05, 3.63) is 69.3 Å². The minimum Gasteiger partial charge on any atom is -0.481 e. The van der Waals surface area contributed by atoms with Crippen LogP contribution in [0.3, 0.4) is 0 Å². The number of aryl methyl sites for hydroxylation is 1. The fraction of sp³-hybridized carbons (Fsp3) is 0.400. The number of anilines is 2. The molecule has 2 N–H and O–H groups in total. The number of aromatic nitrogens is 2. The van der Waals surface area contributed by atoms with Gasteiger partial charge in [0.1, 0.15) is 17.5 Å². The number of hydrogen-bond acceptors (Lipinski definition) is 6. The quantitative estimate of drug-likeness (QED) is 0.367. The third-order valence-corrected chi connectivity index (χ3v) is 7.80. The number of carboxylic acid groups (broad SMARTS) is 1. The number of piperidine rings is 1. The van der Waals surface area contributed by atoms with Gasteiger partial charge in [0.05, 0.1) is 21.8 Å². The van der Waals surface area contributed by atoms with Crippen molar-refractivity contribution in [1.82, 2.24) is 14.9 Å². The zero-order valence-electron chi connectivity index (χ0n) is 19.5. The smallest absolute Gasteiger partial charge is 0.310 e. The van der Waals surface area contributed by atoms with Crippen LogP contribution in [0.5, 0.6) is 0 Å². The Morgan fingerprint density at radius 2 is 2.11 bits per heavy atom. The first kappa shape index (κ1) is 25.5. The van der Waals surface area contributed by atoms with E-state index in [-0.39, 0.29) is 23.2 Å². The second-order valence-electron chi connectivity index (χ2n) is 9.01. The Hall–Kier alpha value is -2.62. The summed E-state index contributed by atoms with van der Waals surface area (Å²) in [5.41, 5.74) is 0.270. The maximum Gasteiger partial charge on any atom is 0.310 e. The van der Waals surface area contributed by atoms with Crippen molar-refractivity contribution in [1.29, 1.82) is 0 Å². The summed E-state index contributed by atoms with van der Waals surface area (Å²) in [5.74, 6) is -1.55. The predicted octanol–water partition coefficient (Wildman–Crippen LogP) is 6.21. The summed E-state index contributed by atoms with van der Waals surface area (Å²) >= 11 is 7.35. The number of nitrogens with zero attached hydrogens (tertiary/aromatic N) is 3. The van der Waals surface area contributed by atoms with E-state index >= 15 is 0 Å². The lowest BCUT2D eigenvalue weighted by atomic mass is 9.71. The van der Waals surface area contributed by atoms with E-state index in [4.69, 9.17) is 11.6 Å². The molecule has 1 aromatic carbocycles. The molecule has 2 aromatic heterocycles. The van der Waals surface area contributed by atoms with Crippen LogP contribution >= 0.6 is 22.9 Å². The van der Waals surface area contributed by atoms with Crippen molar-refractivity contribution < 1.29 is 18.7 Å². The van der Waals surface area contributed by atoms with E-state index in [0.717, 1.165) is 5.69 Å². The number of halogens is 3. The van der Waals surface area contributed by atoms with Gasteiger partial charge in [0, 0.05) is 30.0 Å². The van der Waals surface area contributed by atoms with E-state index in [1.165, 1.54) is 29.5 Å². The number of carbonyl (C=O) groups is 1. The summed E-state index contributed by atoms with van der Waals surface area (Å²) in [6, 6.07) is 7.60. The van der Waals surface area contributed by atoms with Crippen LogP contribution in [0, 0.1) is 24.0 Å². The molecule has 3 aromatic rings. The second kappa shape index (κ2) is 10.6. The van der Waals surface area contributed by atoms with Gasteiger partial charge in [0.2, 0.25) is 0 Å². The van der Waals surface area contributed by atoms with Crippen LogP contribution in [-0.2, 0) is 17.8 Å². The minimum atomic E-state index is -1.17. The van der Waals surface area contributed by atoms with E-state index < -0.39 is 23.0 Å². The molecule has 6 nitrogen and oxygen atoms in total. The predicted molar refractivity (Wildman–Crippen MR) is 133 cm³/mol. The van der Waals surface area contributed by atoms with Crippen LogP contribution < -0.4 is 5.32 Å². The topological polar surface area (TPSA) is 78.3 Å². The highest BCUT2D eigenvalue weighted by atomic mass is 35.5. The lowest BCUT2D eigenvalue weighted by molar-refractivity contribution is -0.154. The summed E-state index contributed by atoms with van der Waals surface area (Å²) in [6.45, 7) is 4.62. The van der Waals surface area contributed by atoms with E-state index in [1.54, 1.807) is 12.1 Å². The van der Waals surface area contributed by atoms with Crippen LogP contribution in [0.25, 0.3) is 0 Å². The molecule has 2 atom stereocenters. The van der Waals surface area contributed by atoms with Crippen molar-refractivity contribution >= 4 is 39.9 Å². The molecule has 0 bridgehead atoms. The highest BCUT2D eigenvalue weighted by molar-refractivity contribution is 7.13. The summed E-state index contributed by atoms with van der Waals surface area (Å²) in [6.07, 6.45) is 1.26. The highest BCUT2D eigenvalue weighted by Gasteiger charge is 2.46. The molecule has 0 spiro atoms. The molecule has 35 heavy (non-hydrogen) atoms. The first-order valence-corrected chi connectivity index (χ1v) is 12.7. The Balaban J connectivity index is 1.54. The summed E-state index contributed by atoms with van der Waals surface area (Å²) < 4.78 is 29.2. The van der Waals surface area contributed by atoms with Gasteiger partial charge in [-0.3, -0.25) is 9.69 Å². The standard InChI is InChI=1S/C25H27ClF2N4O2S/c1-3-17-11-25(23(33)34,9-10-32(17)13-16-5-4-6-18(26)22(16)28)12-20-19(27)7-8-21(30-20)31-24-29-15(2)14-35-24/h4-8,14,17H,3,9-13H2,1-2H3,(H,33,34)(H,29,30,31). The average molecular weight is 521 g/mol. The van der Waals surface area contributed by atoms with Crippen LogP contribution in [0.2, 0.25) is 5.02 Å². The van der Waals surface area contributed by atoms with Gasteiger partial charge in [-0.05, 0) is 50.9 Å². The molecule has 4 rings (SSSR count). The van der Waals surface area contributed by atoms with Crippen LogP contribution in [-0.4, -0.2) is 38.5 Å². The normalized spacial score (nSPS) is 20.7. The number of thiazole rings is 1. The number of aliphatic carboxylic acids is 1. The first-order valence-electron chi connectivity index (χ1n) is 11.5. The fourth-order valence-corrected chi connectivity index (χ4v) is 5.56. The Labute approximate surface area is 212 Å². The number of carboxylic acids is 1. The summed E-state index contributed by atoms with van der Waals surface area (Å²) in [7, 11) is 0. The van der Waals surface area contributed by atoms with Crippen LogP contribution in [0.4, 0.5) is 19.7 Å². The molecule has 0 aliphatic carbocycles. The van der Waals surface area contributed by atoms with Gasteiger partial charge < -0.3 is 10.4 Å². The van der Waals surface area contributed by atoms with Gasteiger partial charge in [-0.2, -0.15) is 0 Å². The molecule has 0 amide bonds. The molecule has 1 fully saturated rings. The van der Waals surface area contributed by atoms with Gasteiger partial charge in [-0.25, -0.2) is 18.7 Å². The number of rotatable bonds is 8. The second-order valence-corrected chi connectivity index (χ2v) is 10.3. The molecule has 0 radical (unpaired) electrons. The SMILES string of the molecule is CCC1CC(Cc2nc(Nc3nc(C)cs3)ccc2F)(C(=O)O)CCN1Cc1cccc(Cl)c1F. The van der Waals surface area contributed by atoms with Crippen molar-refractivity contribution in [3.63, 3.8) is 0 Å². The maximum absolute atomic E-state index is 14.8. The van der Waals surface area contributed by atoms with E-state index in [2.05, 4.69) is 20.2 Å². The summed E-state index contributed by atoms with van der Waals surface area (Å²) in [4.78, 5) is 23.3. The van der Waals surface area contributed by atoms with Crippen LogP contribution in [0.15, 0.2) is 35.7 Å². The molecule has 0 saturated carbocycles. The monoisotopic (exact) mass is 520 g/mol. The molecular formula is C25H27ClF2N4O2S. The van der Waals surface area contributed by atoms with Crippen molar-refractivity contribution in [2.24, 2.45) is 5.41 Å². The van der Waals surface area contributed by atoms with Gasteiger partial charge in [0.15, 0.2) is 5.13 Å². The molecule has 1 aliphatic rings. The molecule has 1 saturated heterocycles. The van der Waals surface area contributed by atoms with Crippen molar-refractivity contribution in [2.75, 3.05) is 11.9 Å². The Morgan fingerprint density at radius 1 is 1.31 bits per heavy atom. The molecule has 10 heteroatoms. The number of likely N-dealkylation sites (tertiary alicyclic amines) is 1. The molecule has 3 heterocycles. The lowest BCUT2D eigenvalue weighted by Crippen LogP contribution is -2.50. The third kappa shape index (κ3) is 5.63. The maximum atomic E-state index is 14.8. The third-order valence-electron chi connectivity index (χ3n) is 6.63. The lowest BCUT2D eigenvalue weighted by Gasteiger charge is -2.44. The minimum absolute atomic E-state index is 0.0313. The van der Waals surface area contributed by atoms with Gasteiger partial charge in [-0.15, -0.1) is 11.3 Å². The molecule has 2 unspecified atom stereocenters. The number of nitrogens with one attached hydrogen (secondary N) is 1. The largest absolute Gasteiger partial charge is 0.481 e. The van der Waals surface area contributed by atoms with E-state index in [1.807, 2.05) is 19.2 Å². The Morgan fingerprint density at radius 3 is 2.80 bits per heavy atom. The van der Waals surface area contributed by atoms with E-state index in [9.17, 15) is 18.7 Å². The van der Waals surface area contributed by atoms with Crippen molar-refractivity contribution in [2.45, 2.75) is 52.1 Å². The molecule has 1 aliphatic heterocycles. The Bertz CT molecular complexity index is 1220. The van der Waals surface area contributed by atoms with Crippen LogP contribution in [0.1, 0.15) is 43.1 Å². The van der Waals surface area contributed by atoms with E-state index in [0.29, 0.717) is 48.9 Å². The first-order chi connectivity index (χ1) is 16.7. The Kier molecular flexibility index (Phi) is 7.68. The molecular weight excluding hydrogens is 494 g/mol. The van der Waals surface area contributed by atoms with Gasteiger partial charge >= 0.3 is 5.97 Å². The highest BCUT2D eigenvalue weighted by Crippen LogP contribution is 2.40. The van der Waals surface area contributed by atoms with Gasteiger partial charge in [0.25, 0.3) is 0 Å².